The van der Waals surface area contributed by atoms with Crippen LogP contribution >= 0.6 is 27.5 Å². The second kappa shape index (κ2) is 5.47. The van der Waals surface area contributed by atoms with Gasteiger partial charge in [-0.15, -0.1) is 0 Å². The van der Waals surface area contributed by atoms with Gasteiger partial charge in [0.25, 0.3) is 0 Å². The zero-order chi connectivity index (χ0) is 12.3. The van der Waals surface area contributed by atoms with Crippen molar-refractivity contribution in [3.63, 3.8) is 0 Å². The van der Waals surface area contributed by atoms with Crippen LogP contribution < -0.4 is 5.32 Å². The van der Waals surface area contributed by atoms with Crippen molar-refractivity contribution in [2.75, 3.05) is 5.32 Å². The Balaban J connectivity index is 2.13. The Hall–Kier alpha value is -1.13. The first-order valence-electron chi connectivity index (χ1n) is 4.96. The van der Waals surface area contributed by atoms with Crippen LogP contribution in [0.3, 0.4) is 0 Å². The molecule has 0 unspecified atom stereocenters. The Morgan fingerprint density at radius 1 is 1.29 bits per heavy atom. The molecule has 0 aliphatic rings. The van der Waals surface area contributed by atoms with E-state index >= 15 is 0 Å². The summed E-state index contributed by atoms with van der Waals surface area (Å²) in [6.45, 7) is 0.358. The molecule has 5 heteroatoms. The summed E-state index contributed by atoms with van der Waals surface area (Å²) >= 11 is 9.01. The fraction of sp³-hybridized carbons (Fsp3) is 0.0833. The quantitative estimate of drug-likeness (QED) is 0.857. The van der Waals surface area contributed by atoms with E-state index in [2.05, 4.69) is 26.2 Å². The Labute approximate surface area is 112 Å². The van der Waals surface area contributed by atoms with E-state index in [0.29, 0.717) is 16.7 Å². The zero-order valence-corrected chi connectivity index (χ0v) is 11.1. The smallest absolute Gasteiger partial charge is 0.146 e. The van der Waals surface area contributed by atoms with E-state index in [1.54, 1.807) is 24.4 Å². The van der Waals surface area contributed by atoms with Crippen molar-refractivity contribution >= 4 is 33.2 Å². The fourth-order valence-corrected chi connectivity index (χ4v) is 1.98. The van der Waals surface area contributed by atoms with Crippen molar-refractivity contribution in [1.82, 2.24) is 4.98 Å². The predicted octanol–water partition coefficient (Wildman–Crippen LogP) is 4.25. The van der Waals surface area contributed by atoms with Crippen molar-refractivity contribution in [1.29, 1.82) is 0 Å². The van der Waals surface area contributed by atoms with Gasteiger partial charge >= 0.3 is 0 Å². The monoisotopic (exact) mass is 314 g/mol. The highest BCUT2D eigenvalue weighted by molar-refractivity contribution is 9.10. The highest BCUT2D eigenvalue weighted by atomic mass is 79.9. The summed E-state index contributed by atoms with van der Waals surface area (Å²) in [6, 6.07) is 8.61. The molecule has 88 valence electrons. The molecular weight excluding hydrogens is 307 g/mol. The van der Waals surface area contributed by atoms with E-state index in [1.165, 1.54) is 6.07 Å². The molecular formula is C12H9BrClFN2. The number of halogens is 3. The molecule has 0 aliphatic heterocycles. The van der Waals surface area contributed by atoms with Crippen molar-refractivity contribution in [2.45, 2.75) is 6.54 Å². The molecule has 1 heterocycles. The van der Waals surface area contributed by atoms with Crippen molar-refractivity contribution < 1.29 is 4.39 Å². The molecule has 0 amide bonds. The van der Waals surface area contributed by atoms with Crippen LogP contribution in [-0.4, -0.2) is 4.98 Å². The largest absolute Gasteiger partial charge is 0.379 e. The molecule has 0 atom stereocenters. The van der Waals surface area contributed by atoms with Gasteiger partial charge in [-0.2, -0.15) is 0 Å². The summed E-state index contributed by atoms with van der Waals surface area (Å²) in [5, 5.41) is 3.22. The van der Waals surface area contributed by atoms with Crippen molar-refractivity contribution in [2.24, 2.45) is 0 Å². The topological polar surface area (TPSA) is 24.9 Å². The van der Waals surface area contributed by atoms with E-state index in [-0.39, 0.29) is 10.8 Å². The third-order valence-corrected chi connectivity index (χ3v) is 3.18. The maximum absolute atomic E-state index is 13.6. The third kappa shape index (κ3) is 2.96. The fourth-order valence-electron chi connectivity index (χ4n) is 1.39. The molecule has 17 heavy (non-hydrogen) atoms. The lowest BCUT2D eigenvalue weighted by Gasteiger charge is -2.09. The van der Waals surface area contributed by atoms with Crippen LogP contribution in [-0.2, 0) is 6.54 Å². The molecule has 0 saturated heterocycles. The molecule has 2 rings (SSSR count). The van der Waals surface area contributed by atoms with Crippen LogP contribution in [0, 0.1) is 5.82 Å². The van der Waals surface area contributed by atoms with E-state index < -0.39 is 0 Å². The van der Waals surface area contributed by atoms with Crippen LogP contribution in [0.5, 0.6) is 0 Å². The Kier molecular flexibility index (Phi) is 3.97. The standard InChI is InChI=1S/C12H9BrClFN2/c13-12-10(5-2-6-16-12)17-7-8-3-1-4-9(14)11(8)15/h1-6,17H,7H2. The average Bonchev–Trinajstić information content (AvgIpc) is 2.33. The van der Waals surface area contributed by atoms with Gasteiger partial charge in [0.05, 0.1) is 10.7 Å². The summed E-state index contributed by atoms with van der Waals surface area (Å²) < 4.78 is 14.3. The first-order valence-corrected chi connectivity index (χ1v) is 6.13. The van der Waals surface area contributed by atoms with Crippen LogP contribution in [0.2, 0.25) is 5.02 Å². The van der Waals surface area contributed by atoms with Crippen LogP contribution in [0.25, 0.3) is 0 Å². The lowest BCUT2D eigenvalue weighted by Crippen LogP contribution is -2.03. The number of hydrogen-bond acceptors (Lipinski definition) is 2. The first kappa shape index (κ1) is 12.3. The molecule has 1 aromatic carbocycles. The summed E-state index contributed by atoms with van der Waals surface area (Å²) in [5.74, 6) is -0.387. The minimum Gasteiger partial charge on any atom is -0.379 e. The van der Waals surface area contributed by atoms with Crippen LogP contribution in [0.4, 0.5) is 10.1 Å². The van der Waals surface area contributed by atoms with Crippen molar-refractivity contribution in [3.8, 4) is 0 Å². The summed E-state index contributed by atoms with van der Waals surface area (Å²) in [5.41, 5.74) is 1.33. The Morgan fingerprint density at radius 2 is 2.12 bits per heavy atom. The van der Waals surface area contributed by atoms with Crippen LogP contribution in [0.15, 0.2) is 41.1 Å². The number of nitrogens with zero attached hydrogens (tertiary/aromatic N) is 1. The molecule has 0 fully saturated rings. The van der Waals surface area contributed by atoms with Gasteiger partial charge in [0, 0.05) is 18.3 Å². The lowest BCUT2D eigenvalue weighted by molar-refractivity contribution is 0.613. The van der Waals surface area contributed by atoms with Gasteiger partial charge in [0.15, 0.2) is 0 Å². The SMILES string of the molecule is Fc1c(Cl)cccc1CNc1cccnc1Br. The minimum absolute atomic E-state index is 0.134. The molecule has 0 bridgehead atoms. The average molecular weight is 316 g/mol. The summed E-state index contributed by atoms with van der Waals surface area (Å²) in [4.78, 5) is 4.07. The maximum atomic E-state index is 13.6. The lowest BCUT2D eigenvalue weighted by atomic mass is 10.2. The first-order chi connectivity index (χ1) is 8.18. The van der Waals surface area contributed by atoms with Gasteiger partial charge in [-0.1, -0.05) is 23.7 Å². The Morgan fingerprint density at radius 3 is 2.88 bits per heavy atom. The summed E-state index contributed by atoms with van der Waals surface area (Å²) in [6.07, 6.45) is 1.68. The highest BCUT2D eigenvalue weighted by Crippen LogP contribution is 2.22. The molecule has 2 nitrogen and oxygen atoms in total. The second-order valence-electron chi connectivity index (χ2n) is 3.41. The summed E-state index contributed by atoms with van der Waals surface area (Å²) in [7, 11) is 0. The van der Waals surface area contributed by atoms with E-state index in [1.807, 2.05) is 6.07 Å². The molecule has 2 aromatic rings. The zero-order valence-electron chi connectivity index (χ0n) is 8.75. The van der Waals surface area contributed by atoms with Crippen LogP contribution in [0.1, 0.15) is 5.56 Å². The normalized spacial score (nSPS) is 10.3. The molecule has 0 saturated carbocycles. The van der Waals surface area contributed by atoms with E-state index in [0.717, 1.165) is 5.69 Å². The number of anilines is 1. The van der Waals surface area contributed by atoms with Gasteiger partial charge in [-0.05, 0) is 34.1 Å². The van der Waals surface area contributed by atoms with Crippen molar-refractivity contribution in [3.05, 3.63) is 57.5 Å². The number of hydrogen-bond donors (Lipinski definition) is 1. The van der Waals surface area contributed by atoms with E-state index in [9.17, 15) is 4.39 Å². The second-order valence-corrected chi connectivity index (χ2v) is 4.57. The molecule has 0 aliphatic carbocycles. The molecule has 0 spiro atoms. The highest BCUT2D eigenvalue weighted by Gasteiger charge is 2.06. The van der Waals surface area contributed by atoms with E-state index in [4.69, 9.17) is 11.6 Å². The third-order valence-electron chi connectivity index (χ3n) is 2.26. The minimum atomic E-state index is -0.387. The molecule has 0 radical (unpaired) electrons. The Bertz CT molecular complexity index is 534. The number of aromatic nitrogens is 1. The van der Waals surface area contributed by atoms with Gasteiger partial charge < -0.3 is 5.32 Å². The number of pyridine rings is 1. The number of rotatable bonds is 3. The predicted molar refractivity (Wildman–Crippen MR) is 70.7 cm³/mol. The maximum Gasteiger partial charge on any atom is 0.146 e. The van der Waals surface area contributed by atoms with Gasteiger partial charge in [-0.25, -0.2) is 9.37 Å². The molecule has 1 aromatic heterocycles. The van der Waals surface area contributed by atoms with Gasteiger partial charge in [-0.3, -0.25) is 0 Å². The number of benzene rings is 1. The van der Waals surface area contributed by atoms with Gasteiger partial charge in [0.2, 0.25) is 0 Å². The molecule has 1 N–H and O–H groups in total. The van der Waals surface area contributed by atoms with Gasteiger partial charge in [0.1, 0.15) is 10.4 Å². The number of nitrogens with one attached hydrogen (secondary N) is 1.